The van der Waals surface area contributed by atoms with Gasteiger partial charge in [0.2, 0.25) is 0 Å². The Morgan fingerprint density at radius 1 is 1.24 bits per heavy atom. The third kappa shape index (κ3) is 4.05. The van der Waals surface area contributed by atoms with Gasteiger partial charge >= 0.3 is 6.18 Å². The van der Waals surface area contributed by atoms with Crippen molar-refractivity contribution in [3.8, 4) is 16.9 Å². The first-order valence-corrected chi connectivity index (χ1v) is 6.11. The van der Waals surface area contributed by atoms with E-state index < -0.39 is 12.8 Å². The van der Waals surface area contributed by atoms with E-state index in [1.54, 1.807) is 24.4 Å². The third-order valence-electron chi connectivity index (χ3n) is 2.76. The molecule has 2 aromatic rings. The van der Waals surface area contributed by atoms with Gasteiger partial charge < -0.3 is 4.74 Å². The number of aromatic nitrogens is 1. The molecule has 0 spiro atoms. The number of aryl methyl sites for hydroxylation is 1. The highest BCUT2D eigenvalue weighted by Gasteiger charge is 2.28. The third-order valence-corrected chi connectivity index (χ3v) is 2.76. The molecule has 0 saturated heterocycles. The van der Waals surface area contributed by atoms with E-state index in [-0.39, 0.29) is 11.3 Å². The van der Waals surface area contributed by atoms with Gasteiger partial charge in [-0.2, -0.15) is 13.2 Å². The normalized spacial score (nSPS) is 11.2. The number of alkyl halides is 3. The number of carbonyl (C=O) groups excluding carboxylic acids is 1. The predicted octanol–water partition coefficient (Wildman–Crippen LogP) is 3.81. The minimum absolute atomic E-state index is 0.00366. The number of hydrogen-bond donors (Lipinski definition) is 0. The van der Waals surface area contributed by atoms with Crippen LogP contribution in [0.15, 0.2) is 36.5 Å². The molecule has 0 radical (unpaired) electrons. The second kappa shape index (κ2) is 5.95. The molecule has 0 atom stereocenters. The van der Waals surface area contributed by atoms with Gasteiger partial charge in [0.1, 0.15) is 5.75 Å². The maximum atomic E-state index is 12.1. The van der Waals surface area contributed by atoms with Gasteiger partial charge in [-0.05, 0) is 48.4 Å². The van der Waals surface area contributed by atoms with Crippen LogP contribution in [0.25, 0.3) is 11.1 Å². The Morgan fingerprint density at radius 2 is 2.00 bits per heavy atom. The molecule has 0 saturated carbocycles. The summed E-state index contributed by atoms with van der Waals surface area (Å²) in [6, 6.07) is 7.78. The van der Waals surface area contributed by atoms with Crippen LogP contribution in [0.4, 0.5) is 13.2 Å². The summed E-state index contributed by atoms with van der Waals surface area (Å²) >= 11 is 0. The van der Waals surface area contributed by atoms with Crippen molar-refractivity contribution in [1.29, 1.82) is 0 Å². The van der Waals surface area contributed by atoms with Crippen LogP contribution < -0.4 is 4.74 Å². The van der Waals surface area contributed by atoms with E-state index in [2.05, 4.69) is 9.72 Å². The predicted molar refractivity (Wildman–Crippen MR) is 71.3 cm³/mol. The Bertz CT molecular complexity index is 654. The topological polar surface area (TPSA) is 39.2 Å². The first kappa shape index (κ1) is 15.0. The zero-order valence-corrected chi connectivity index (χ0v) is 11.1. The molecular formula is C15H12F3NO2. The van der Waals surface area contributed by atoms with Crippen LogP contribution in [0.1, 0.15) is 16.1 Å². The van der Waals surface area contributed by atoms with Gasteiger partial charge in [0.25, 0.3) is 0 Å². The lowest BCUT2D eigenvalue weighted by atomic mass is 10.0. The van der Waals surface area contributed by atoms with E-state index in [9.17, 15) is 18.0 Å². The van der Waals surface area contributed by atoms with Gasteiger partial charge in [0.05, 0.1) is 0 Å². The molecule has 0 bridgehead atoms. The Labute approximate surface area is 119 Å². The molecule has 0 aliphatic heterocycles. The quantitative estimate of drug-likeness (QED) is 0.805. The van der Waals surface area contributed by atoms with Crippen LogP contribution in [-0.4, -0.2) is 24.1 Å². The molecule has 0 aliphatic carbocycles. The molecule has 0 fully saturated rings. The largest absolute Gasteiger partial charge is 0.484 e. The van der Waals surface area contributed by atoms with Crippen molar-refractivity contribution >= 4 is 6.29 Å². The Kier molecular flexibility index (Phi) is 4.26. The Balaban J connectivity index is 2.31. The fraction of sp³-hybridized carbons (Fsp3) is 0.200. The van der Waals surface area contributed by atoms with Crippen LogP contribution in [0.3, 0.4) is 0 Å². The van der Waals surface area contributed by atoms with Gasteiger partial charge in [-0.1, -0.05) is 0 Å². The van der Waals surface area contributed by atoms with Crippen LogP contribution >= 0.6 is 0 Å². The SMILES string of the molecule is Cc1cc(-c2ccc(OCC(F)(F)F)cc2C=O)ccn1. The molecule has 6 heteroatoms. The van der Waals surface area contributed by atoms with E-state index >= 15 is 0 Å². The maximum Gasteiger partial charge on any atom is 0.422 e. The van der Waals surface area contributed by atoms with Gasteiger partial charge in [-0.15, -0.1) is 0 Å². The minimum atomic E-state index is -4.41. The van der Waals surface area contributed by atoms with Crippen molar-refractivity contribution in [2.24, 2.45) is 0 Å². The lowest BCUT2D eigenvalue weighted by molar-refractivity contribution is -0.153. The summed E-state index contributed by atoms with van der Waals surface area (Å²) in [7, 11) is 0. The first-order valence-electron chi connectivity index (χ1n) is 6.11. The molecule has 0 amide bonds. The summed E-state index contributed by atoms with van der Waals surface area (Å²) in [5.74, 6) is 0.00366. The van der Waals surface area contributed by atoms with E-state index in [4.69, 9.17) is 0 Å². The van der Waals surface area contributed by atoms with Crippen molar-refractivity contribution in [2.75, 3.05) is 6.61 Å². The molecule has 0 aliphatic rings. The van der Waals surface area contributed by atoms with Crippen LogP contribution in [0.2, 0.25) is 0 Å². The number of ether oxygens (including phenoxy) is 1. The molecule has 3 nitrogen and oxygen atoms in total. The van der Waals surface area contributed by atoms with Crippen molar-refractivity contribution in [2.45, 2.75) is 13.1 Å². The molecule has 1 aromatic carbocycles. The zero-order valence-electron chi connectivity index (χ0n) is 11.1. The average molecular weight is 295 g/mol. The van der Waals surface area contributed by atoms with E-state index in [0.29, 0.717) is 11.8 Å². The molecule has 0 N–H and O–H groups in total. The summed E-state index contributed by atoms with van der Waals surface area (Å²) in [6.07, 6.45) is -2.22. The first-order chi connectivity index (χ1) is 9.89. The molecule has 1 aromatic heterocycles. The summed E-state index contributed by atoms with van der Waals surface area (Å²) in [6.45, 7) is 0.421. The second-order valence-corrected chi connectivity index (χ2v) is 4.46. The molecule has 21 heavy (non-hydrogen) atoms. The van der Waals surface area contributed by atoms with Crippen LogP contribution in [-0.2, 0) is 0 Å². The van der Waals surface area contributed by atoms with E-state index in [0.717, 1.165) is 11.3 Å². The van der Waals surface area contributed by atoms with Crippen LogP contribution in [0.5, 0.6) is 5.75 Å². The molecular weight excluding hydrogens is 283 g/mol. The highest BCUT2D eigenvalue weighted by molar-refractivity contribution is 5.88. The second-order valence-electron chi connectivity index (χ2n) is 4.46. The number of halogens is 3. The van der Waals surface area contributed by atoms with Crippen molar-refractivity contribution in [3.05, 3.63) is 47.8 Å². The lowest BCUT2D eigenvalue weighted by Gasteiger charge is -2.11. The Hall–Kier alpha value is -2.37. The Morgan fingerprint density at radius 3 is 2.62 bits per heavy atom. The summed E-state index contributed by atoms with van der Waals surface area (Å²) < 4.78 is 41.0. The molecule has 2 rings (SSSR count). The van der Waals surface area contributed by atoms with Crippen LogP contribution in [0, 0.1) is 6.92 Å². The standard InChI is InChI=1S/C15H12F3NO2/c1-10-6-11(4-5-19-10)14-3-2-13(7-12(14)8-20)21-9-15(16,17)18/h2-8H,9H2,1H3. The van der Waals surface area contributed by atoms with E-state index in [1.165, 1.54) is 12.1 Å². The summed E-state index contributed by atoms with van der Waals surface area (Å²) in [4.78, 5) is 15.2. The van der Waals surface area contributed by atoms with Gasteiger partial charge in [0.15, 0.2) is 12.9 Å². The highest BCUT2D eigenvalue weighted by Crippen LogP contribution is 2.27. The summed E-state index contributed by atoms with van der Waals surface area (Å²) in [5, 5.41) is 0. The number of nitrogens with zero attached hydrogens (tertiary/aromatic N) is 1. The number of aldehydes is 1. The smallest absolute Gasteiger partial charge is 0.422 e. The number of pyridine rings is 1. The van der Waals surface area contributed by atoms with E-state index in [1.807, 2.05) is 6.92 Å². The lowest BCUT2D eigenvalue weighted by Crippen LogP contribution is -2.19. The molecule has 0 unspecified atom stereocenters. The van der Waals surface area contributed by atoms with Crippen molar-refractivity contribution in [3.63, 3.8) is 0 Å². The fourth-order valence-corrected chi connectivity index (χ4v) is 1.87. The monoisotopic (exact) mass is 295 g/mol. The summed E-state index contributed by atoms with van der Waals surface area (Å²) in [5.41, 5.74) is 2.43. The minimum Gasteiger partial charge on any atom is -0.484 e. The zero-order chi connectivity index (χ0) is 15.5. The van der Waals surface area contributed by atoms with Gasteiger partial charge in [0, 0.05) is 17.5 Å². The maximum absolute atomic E-state index is 12.1. The number of carbonyl (C=O) groups is 1. The number of benzene rings is 1. The highest BCUT2D eigenvalue weighted by atomic mass is 19.4. The van der Waals surface area contributed by atoms with Crippen molar-refractivity contribution < 1.29 is 22.7 Å². The van der Waals surface area contributed by atoms with Crippen molar-refractivity contribution in [1.82, 2.24) is 4.98 Å². The fourth-order valence-electron chi connectivity index (χ4n) is 1.87. The number of rotatable bonds is 4. The average Bonchev–Trinajstić information content (AvgIpc) is 2.44. The number of hydrogen-bond acceptors (Lipinski definition) is 3. The molecule has 1 heterocycles. The molecule has 110 valence electrons. The van der Waals surface area contributed by atoms with Gasteiger partial charge in [-0.3, -0.25) is 9.78 Å². The van der Waals surface area contributed by atoms with Gasteiger partial charge in [-0.25, -0.2) is 0 Å².